The first kappa shape index (κ1) is 11.6. The van der Waals surface area contributed by atoms with E-state index in [-0.39, 0.29) is 5.56 Å². The Morgan fingerprint density at radius 2 is 1.88 bits per heavy atom. The van der Waals surface area contributed by atoms with E-state index in [4.69, 9.17) is 0 Å². The van der Waals surface area contributed by atoms with Crippen molar-refractivity contribution in [1.82, 2.24) is 10.3 Å². The minimum Gasteiger partial charge on any atom is -0.322 e. The molecule has 0 aliphatic rings. The summed E-state index contributed by atoms with van der Waals surface area (Å²) in [6.45, 7) is 3.49. The number of H-pyrrole nitrogens is 1. The second-order valence-electron chi connectivity index (χ2n) is 3.87. The zero-order valence-corrected chi connectivity index (χ0v) is 9.86. The third-order valence-corrected chi connectivity index (χ3v) is 2.64. The number of pyridine rings is 1. The standard InChI is InChI=1S/C14H16N2O/c1-2-15-10-12-8-9-13(16-14(12)17)11-6-4-3-5-7-11/h3-9,15H,2,10H2,1H3,(H,16,17). The van der Waals surface area contributed by atoms with E-state index in [1.165, 1.54) is 0 Å². The van der Waals surface area contributed by atoms with Crippen LogP contribution in [-0.4, -0.2) is 11.5 Å². The van der Waals surface area contributed by atoms with Crippen LogP contribution in [0.25, 0.3) is 11.3 Å². The number of aromatic nitrogens is 1. The fraction of sp³-hybridized carbons (Fsp3) is 0.214. The fourth-order valence-electron chi connectivity index (χ4n) is 1.69. The number of nitrogens with one attached hydrogen (secondary N) is 2. The third-order valence-electron chi connectivity index (χ3n) is 2.64. The van der Waals surface area contributed by atoms with Gasteiger partial charge in [0.1, 0.15) is 0 Å². The van der Waals surface area contributed by atoms with Gasteiger partial charge in [0.25, 0.3) is 5.56 Å². The van der Waals surface area contributed by atoms with Gasteiger partial charge in [-0.2, -0.15) is 0 Å². The number of benzene rings is 1. The second-order valence-corrected chi connectivity index (χ2v) is 3.87. The van der Waals surface area contributed by atoms with Gasteiger partial charge in [-0.3, -0.25) is 4.79 Å². The second kappa shape index (κ2) is 5.46. The smallest absolute Gasteiger partial charge is 0.252 e. The van der Waals surface area contributed by atoms with Gasteiger partial charge in [0.2, 0.25) is 0 Å². The number of hydrogen-bond donors (Lipinski definition) is 2. The maximum Gasteiger partial charge on any atom is 0.252 e. The lowest BCUT2D eigenvalue weighted by Gasteiger charge is -2.04. The fourth-order valence-corrected chi connectivity index (χ4v) is 1.69. The average Bonchev–Trinajstić information content (AvgIpc) is 2.38. The lowest BCUT2D eigenvalue weighted by molar-refractivity contribution is 0.720. The highest BCUT2D eigenvalue weighted by molar-refractivity contribution is 5.58. The van der Waals surface area contributed by atoms with E-state index in [0.717, 1.165) is 23.4 Å². The summed E-state index contributed by atoms with van der Waals surface area (Å²) < 4.78 is 0. The summed E-state index contributed by atoms with van der Waals surface area (Å²) in [5.74, 6) is 0. The molecule has 0 unspecified atom stereocenters. The molecule has 17 heavy (non-hydrogen) atoms. The molecular formula is C14H16N2O. The Balaban J connectivity index is 2.28. The van der Waals surface area contributed by atoms with Gasteiger partial charge in [-0.25, -0.2) is 0 Å². The molecule has 2 aromatic rings. The van der Waals surface area contributed by atoms with Crippen LogP contribution in [0.5, 0.6) is 0 Å². The molecule has 1 aromatic heterocycles. The van der Waals surface area contributed by atoms with Crippen LogP contribution in [0.3, 0.4) is 0 Å². The maximum absolute atomic E-state index is 11.8. The van der Waals surface area contributed by atoms with Gasteiger partial charge in [-0.15, -0.1) is 0 Å². The van der Waals surface area contributed by atoms with Crippen molar-refractivity contribution in [2.75, 3.05) is 6.54 Å². The normalized spacial score (nSPS) is 10.4. The summed E-state index contributed by atoms with van der Waals surface area (Å²) in [5, 5.41) is 3.14. The highest BCUT2D eigenvalue weighted by Gasteiger charge is 2.01. The van der Waals surface area contributed by atoms with E-state index in [1.54, 1.807) is 0 Å². The Morgan fingerprint density at radius 1 is 1.12 bits per heavy atom. The Morgan fingerprint density at radius 3 is 2.53 bits per heavy atom. The molecule has 0 saturated heterocycles. The van der Waals surface area contributed by atoms with Crippen LogP contribution in [-0.2, 0) is 6.54 Å². The van der Waals surface area contributed by atoms with E-state index < -0.39 is 0 Å². The molecule has 1 aromatic carbocycles. The van der Waals surface area contributed by atoms with Crippen LogP contribution < -0.4 is 10.9 Å². The Hall–Kier alpha value is -1.87. The molecular weight excluding hydrogens is 212 g/mol. The Labute approximate surface area is 101 Å². The third kappa shape index (κ3) is 2.82. The van der Waals surface area contributed by atoms with Crippen molar-refractivity contribution >= 4 is 0 Å². The summed E-state index contributed by atoms with van der Waals surface area (Å²) in [6, 6.07) is 13.7. The quantitative estimate of drug-likeness (QED) is 0.842. The predicted molar refractivity (Wildman–Crippen MR) is 69.9 cm³/mol. The number of aromatic amines is 1. The molecule has 0 amide bonds. The zero-order chi connectivity index (χ0) is 12.1. The van der Waals surface area contributed by atoms with Gasteiger partial charge in [0, 0.05) is 17.8 Å². The summed E-state index contributed by atoms with van der Waals surface area (Å²) in [4.78, 5) is 14.7. The van der Waals surface area contributed by atoms with Gasteiger partial charge < -0.3 is 10.3 Å². The van der Waals surface area contributed by atoms with Gasteiger partial charge in [0.15, 0.2) is 0 Å². The van der Waals surface area contributed by atoms with Crippen molar-refractivity contribution in [2.24, 2.45) is 0 Å². The molecule has 0 aliphatic heterocycles. The number of rotatable bonds is 4. The molecule has 0 bridgehead atoms. The van der Waals surface area contributed by atoms with Crippen molar-refractivity contribution < 1.29 is 0 Å². The van der Waals surface area contributed by atoms with E-state index in [9.17, 15) is 4.79 Å². The molecule has 0 atom stereocenters. The Kier molecular flexibility index (Phi) is 3.73. The largest absolute Gasteiger partial charge is 0.322 e. The van der Waals surface area contributed by atoms with E-state index in [0.29, 0.717) is 6.54 Å². The minimum absolute atomic E-state index is 0.0210. The van der Waals surface area contributed by atoms with Crippen molar-refractivity contribution in [2.45, 2.75) is 13.5 Å². The first-order valence-electron chi connectivity index (χ1n) is 5.79. The molecule has 88 valence electrons. The first-order valence-corrected chi connectivity index (χ1v) is 5.79. The summed E-state index contributed by atoms with van der Waals surface area (Å²) >= 11 is 0. The molecule has 0 spiro atoms. The topological polar surface area (TPSA) is 44.9 Å². The van der Waals surface area contributed by atoms with Crippen LogP contribution >= 0.6 is 0 Å². The molecule has 0 aliphatic carbocycles. The molecule has 0 fully saturated rings. The van der Waals surface area contributed by atoms with Crippen molar-refractivity contribution in [1.29, 1.82) is 0 Å². The Bertz CT molecular complexity index is 531. The SMILES string of the molecule is CCNCc1ccc(-c2ccccc2)[nH]c1=O. The van der Waals surface area contributed by atoms with Crippen LogP contribution in [0.1, 0.15) is 12.5 Å². The van der Waals surface area contributed by atoms with Crippen molar-refractivity contribution in [3.63, 3.8) is 0 Å². The summed E-state index contributed by atoms with van der Waals surface area (Å²) in [7, 11) is 0. The molecule has 0 saturated carbocycles. The van der Waals surface area contributed by atoms with Crippen LogP contribution in [0.2, 0.25) is 0 Å². The van der Waals surface area contributed by atoms with Crippen LogP contribution in [0.15, 0.2) is 47.3 Å². The summed E-state index contributed by atoms with van der Waals surface area (Å²) in [5.41, 5.74) is 2.63. The lowest BCUT2D eigenvalue weighted by atomic mass is 10.1. The first-order chi connectivity index (χ1) is 8.31. The predicted octanol–water partition coefficient (Wildman–Crippen LogP) is 2.15. The summed E-state index contributed by atoms with van der Waals surface area (Å²) in [6.07, 6.45) is 0. The van der Waals surface area contributed by atoms with E-state index >= 15 is 0 Å². The average molecular weight is 228 g/mol. The van der Waals surface area contributed by atoms with Gasteiger partial charge >= 0.3 is 0 Å². The van der Waals surface area contributed by atoms with Gasteiger partial charge in [0.05, 0.1) is 0 Å². The molecule has 2 N–H and O–H groups in total. The van der Waals surface area contributed by atoms with Gasteiger partial charge in [-0.05, 0) is 18.2 Å². The van der Waals surface area contributed by atoms with Crippen molar-refractivity contribution in [3.8, 4) is 11.3 Å². The minimum atomic E-state index is -0.0210. The van der Waals surface area contributed by atoms with Crippen LogP contribution in [0.4, 0.5) is 0 Å². The maximum atomic E-state index is 11.8. The molecule has 1 heterocycles. The zero-order valence-electron chi connectivity index (χ0n) is 9.86. The highest BCUT2D eigenvalue weighted by atomic mass is 16.1. The highest BCUT2D eigenvalue weighted by Crippen LogP contribution is 2.14. The van der Waals surface area contributed by atoms with Crippen molar-refractivity contribution in [3.05, 3.63) is 58.4 Å². The van der Waals surface area contributed by atoms with Gasteiger partial charge in [-0.1, -0.05) is 43.3 Å². The lowest BCUT2D eigenvalue weighted by Crippen LogP contribution is -2.20. The molecule has 3 nitrogen and oxygen atoms in total. The molecule has 0 radical (unpaired) electrons. The molecule has 3 heteroatoms. The monoisotopic (exact) mass is 228 g/mol. The van der Waals surface area contributed by atoms with E-state index in [2.05, 4.69) is 10.3 Å². The van der Waals surface area contributed by atoms with E-state index in [1.807, 2.05) is 49.4 Å². The van der Waals surface area contributed by atoms with Crippen LogP contribution in [0, 0.1) is 0 Å². The number of hydrogen-bond acceptors (Lipinski definition) is 2. The molecule has 2 rings (SSSR count).